The first-order chi connectivity index (χ1) is 48.4. The molecule has 5 aromatic rings. The number of fused-ring (bicyclic) bond motifs is 3. The molecule has 0 aliphatic heterocycles. The summed E-state index contributed by atoms with van der Waals surface area (Å²) in [7, 11) is 0. The van der Waals surface area contributed by atoms with Crippen molar-refractivity contribution < 1.29 is 85.6 Å². The maximum Gasteiger partial charge on any atom is 0.407 e. The van der Waals surface area contributed by atoms with Crippen molar-refractivity contribution in [2.24, 2.45) is 22.7 Å². The van der Waals surface area contributed by atoms with Gasteiger partial charge >= 0.3 is 12.1 Å². The molecule has 99 heavy (non-hydrogen) atoms. The van der Waals surface area contributed by atoms with Crippen LogP contribution in [0.5, 0.6) is 0 Å². The van der Waals surface area contributed by atoms with Gasteiger partial charge in [0.05, 0.1) is 176 Å². The maximum absolute atomic E-state index is 13.8. The molecule has 30 heteroatoms. The highest BCUT2D eigenvalue weighted by atomic mass is 16.6. The third-order valence-electron chi connectivity index (χ3n) is 15.0. The topological polar surface area (TPSA) is 385 Å². The van der Waals surface area contributed by atoms with Crippen molar-refractivity contribution >= 4 is 63.2 Å². The van der Waals surface area contributed by atoms with Gasteiger partial charge in [-0.15, -0.1) is 0 Å². The number of unbranched alkanes of at least 4 members (excludes halogenated alkanes) is 1. The van der Waals surface area contributed by atoms with Crippen LogP contribution in [0.15, 0.2) is 77.9 Å². The fourth-order valence-electron chi connectivity index (χ4n) is 9.81. The number of ketones is 1. The molecule has 0 saturated heterocycles. The van der Waals surface area contributed by atoms with E-state index in [2.05, 4.69) is 47.8 Å². The number of hydrogen-bond acceptors (Lipinski definition) is 22. The maximum atomic E-state index is 13.8. The fourth-order valence-corrected chi connectivity index (χ4v) is 9.81. The van der Waals surface area contributed by atoms with Gasteiger partial charge in [-0.3, -0.25) is 14.4 Å². The molecule has 2 heterocycles. The Kier molecular flexibility index (Phi) is 42.6. The molecular weight excluding hydrogens is 1280 g/mol. The summed E-state index contributed by atoms with van der Waals surface area (Å²) in [6.45, 7) is 16.9. The van der Waals surface area contributed by atoms with Crippen LogP contribution >= 0.6 is 0 Å². The van der Waals surface area contributed by atoms with Crippen LogP contribution in [-0.4, -0.2) is 222 Å². The Labute approximate surface area is 579 Å². The first-order valence-electron chi connectivity index (χ1n) is 34.1. The second kappa shape index (κ2) is 51.5. The van der Waals surface area contributed by atoms with Crippen molar-refractivity contribution in [3.63, 3.8) is 0 Å². The number of pyridine rings is 1. The Morgan fingerprint density at radius 1 is 0.606 bits per heavy atom. The normalized spacial score (nSPS) is 12.0. The first-order valence-corrected chi connectivity index (χ1v) is 34.1. The predicted octanol–water partition coefficient (Wildman–Crippen LogP) is 6.99. The van der Waals surface area contributed by atoms with Crippen molar-refractivity contribution in [2.45, 2.75) is 91.5 Å². The van der Waals surface area contributed by atoms with Crippen molar-refractivity contribution in [1.29, 1.82) is 0 Å². The van der Waals surface area contributed by atoms with Crippen molar-refractivity contribution in [2.75, 3.05) is 183 Å². The Hall–Kier alpha value is -7.68. The highest BCUT2D eigenvalue weighted by molar-refractivity contribution is 6.06. The average Bonchev–Trinajstić information content (AvgIpc) is 1.63. The number of nitrogens with two attached hydrogens (primary N) is 2. The number of azide groups is 1. The molecule has 8 N–H and O–H groups in total. The second-order valence-corrected chi connectivity index (χ2v) is 23.0. The third kappa shape index (κ3) is 35.3. The largest absolute Gasteiger partial charge is 0.445 e. The number of ether oxygens (including phenoxy) is 13. The lowest BCUT2D eigenvalue weighted by Gasteiger charge is -2.24. The number of amides is 5. The molecule has 0 fully saturated rings. The number of urea groups is 1. The van der Waals surface area contributed by atoms with E-state index in [1.54, 1.807) is 24.3 Å². The van der Waals surface area contributed by atoms with Gasteiger partial charge in [-0.2, -0.15) is 0 Å². The summed E-state index contributed by atoms with van der Waals surface area (Å²) in [5.41, 5.74) is 25.5. The number of carbonyl (C=O) groups excluding carboxylic acids is 5. The smallest absolute Gasteiger partial charge is 0.407 e. The number of carbonyl (C=O) groups is 5. The van der Waals surface area contributed by atoms with E-state index >= 15 is 0 Å². The van der Waals surface area contributed by atoms with E-state index in [0.717, 1.165) is 52.6 Å². The number of aryl methyl sites for hydroxylation is 1. The Balaban J connectivity index is 0.848. The number of imidazole rings is 1. The van der Waals surface area contributed by atoms with Crippen LogP contribution < -0.4 is 32.7 Å². The number of hydrogen-bond donors (Lipinski definition) is 6. The Bertz CT molecular complexity index is 3120. The van der Waals surface area contributed by atoms with E-state index in [0.29, 0.717) is 187 Å². The summed E-state index contributed by atoms with van der Waals surface area (Å²) < 4.78 is 73.6. The Morgan fingerprint density at radius 3 is 1.61 bits per heavy atom. The number of para-hydroxylation sites is 1. The van der Waals surface area contributed by atoms with Gasteiger partial charge in [0.2, 0.25) is 11.8 Å². The monoisotopic (exact) mass is 1390 g/mol. The summed E-state index contributed by atoms with van der Waals surface area (Å²) in [5.74, 6) is -0.809. The number of anilines is 2. The van der Waals surface area contributed by atoms with Crippen molar-refractivity contribution in [3.8, 4) is 0 Å². The molecule has 0 saturated carbocycles. The van der Waals surface area contributed by atoms with Gasteiger partial charge in [0.25, 0.3) is 0 Å². The third-order valence-corrected chi connectivity index (χ3v) is 15.0. The highest BCUT2D eigenvalue weighted by Gasteiger charge is 2.30. The lowest BCUT2D eigenvalue weighted by atomic mass is 9.89. The van der Waals surface area contributed by atoms with E-state index in [1.165, 1.54) is 0 Å². The molecule has 0 spiro atoms. The quantitative estimate of drug-likeness (QED) is 0.00988. The molecule has 5 amide bonds. The molecule has 30 nitrogen and oxygen atoms in total. The number of alkyl carbamates (subject to hydrolysis) is 1. The van der Waals surface area contributed by atoms with Gasteiger partial charge < -0.3 is 98.9 Å². The molecule has 2 aromatic heterocycles. The van der Waals surface area contributed by atoms with E-state index in [9.17, 15) is 24.0 Å². The summed E-state index contributed by atoms with van der Waals surface area (Å²) >= 11 is 0. The molecule has 0 unspecified atom stereocenters. The van der Waals surface area contributed by atoms with Crippen molar-refractivity contribution in [3.05, 3.63) is 106 Å². The number of Topliss-reactive ketones (excluding diaryl/α,β-unsaturated/α-hetero) is 1. The van der Waals surface area contributed by atoms with Gasteiger partial charge in [-0.1, -0.05) is 86.9 Å². The number of nitrogens with zero attached hydrogens (tertiary/aromatic N) is 6. The SMILES string of the molecule is CCCCc1nc2c(N)nc3ccccc3c2n1Cc1ccc(CNC(=O)OCc2ccc(NC(=O)[C@H](CCCNC(N)=O)CC(=O)[C@@H](NC(=O)CCOCCOCCOCCOCCOCCOCCOCCOCCOCCOCCOCCOCCN=[N+]=[N-])C(C)C)cc2)cc1. The molecule has 5 rings (SSSR count). The van der Waals surface area contributed by atoms with Crippen LogP contribution in [0.25, 0.3) is 32.4 Å². The van der Waals surface area contributed by atoms with Gasteiger partial charge in [-0.25, -0.2) is 19.6 Å². The standard InChI is InChI=1S/C69H104N12O18/c1-4-5-12-61-78-64-65(58-10-6-7-11-59(58)77-66(64)70)81(61)50-54-15-13-53(14-16-54)49-74-69(86)99-51-55-17-19-57(20-18-55)76-67(84)56(9-8-22-73-68(71)85)48-60(82)63(52(2)3)79-62(83)21-24-87-26-28-89-30-32-91-34-36-93-38-40-95-42-44-97-46-47-98-45-43-96-41-39-94-37-35-92-33-31-90-29-27-88-25-23-75-80-72/h6-7,10-11,13-20,52,56,63H,4-5,8-9,12,21-51H2,1-3H3,(H2,70,77)(H,74,86)(H,76,84)(H,79,83)(H3,71,73,85)/t56-,63+/m1/s1. The second-order valence-electron chi connectivity index (χ2n) is 23.0. The molecule has 3 aromatic carbocycles. The molecule has 0 aliphatic rings. The Morgan fingerprint density at radius 2 is 1.10 bits per heavy atom. The minimum atomic E-state index is -0.861. The number of primary amides is 1. The van der Waals surface area contributed by atoms with Crippen LogP contribution in [0.4, 0.5) is 21.1 Å². The van der Waals surface area contributed by atoms with Gasteiger partial charge in [0.15, 0.2) is 11.6 Å². The zero-order valence-corrected chi connectivity index (χ0v) is 57.8. The molecular formula is C69H104N12O18. The van der Waals surface area contributed by atoms with Crippen LogP contribution in [-0.2, 0) is 102 Å². The number of nitrogen functional groups attached to an aromatic ring is 1. The summed E-state index contributed by atoms with van der Waals surface area (Å²) in [5, 5.41) is 15.4. The number of aromatic nitrogens is 3. The summed E-state index contributed by atoms with van der Waals surface area (Å²) in [6, 6.07) is 21.2. The van der Waals surface area contributed by atoms with Gasteiger partial charge in [0.1, 0.15) is 17.9 Å². The lowest BCUT2D eigenvalue weighted by Crippen LogP contribution is -2.45. The zero-order valence-electron chi connectivity index (χ0n) is 57.8. The molecule has 0 bridgehead atoms. The van der Waals surface area contributed by atoms with Crippen LogP contribution in [0.1, 0.15) is 81.8 Å². The zero-order chi connectivity index (χ0) is 70.8. The van der Waals surface area contributed by atoms with Crippen LogP contribution in [0.3, 0.4) is 0 Å². The lowest BCUT2D eigenvalue weighted by molar-refractivity contribution is -0.131. The van der Waals surface area contributed by atoms with Crippen molar-refractivity contribution in [1.82, 2.24) is 30.5 Å². The number of rotatable bonds is 59. The average molecular weight is 1390 g/mol. The van der Waals surface area contributed by atoms with Gasteiger partial charge in [0, 0.05) is 67.3 Å². The van der Waals surface area contributed by atoms with E-state index < -0.39 is 30.0 Å². The van der Waals surface area contributed by atoms with Gasteiger partial charge in [-0.05, 0) is 65.6 Å². The van der Waals surface area contributed by atoms with Crippen LogP contribution in [0.2, 0.25) is 0 Å². The van der Waals surface area contributed by atoms with E-state index in [4.69, 9.17) is 83.6 Å². The molecule has 0 aliphatic carbocycles. The minimum Gasteiger partial charge on any atom is -0.445 e. The summed E-state index contributed by atoms with van der Waals surface area (Å²) in [4.78, 5) is 77.0. The van der Waals surface area contributed by atoms with E-state index in [1.807, 2.05) is 62.4 Å². The van der Waals surface area contributed by atoms with E-state index in [-0.39, 0.29) is 69.8 Å². The first kappa shape index (κ1) is 82.0. The molecule has 548 valence electrons. The molecule has 0 radical (unpaired) electrons. The predicted molar refractivity (Wildman–Crippen MR) is 371 cm³/mol. The number of nitrogens with one attached hydrogen (secondary N) is 4. The molecule has 2 atom stereocenters. The minimum absolute atomic E-state index is 0.00910. The van der Waals surface area contributed by atoms with Crippen LogP contribution in [0, 0.1) is 11.8 Å². The number of benzene rings is 3. The summed E-state index contributed by atoms with van der Waals surface area (Å²) in [6.07, 6.45) is 2.70. The highest BCUT2D eigenvalue weighted by Crippen LogP contribution is 2.30. The fraction of sp³-hybridized carbons (Fsp3) is 0.609.